The number of ether oxygens (including phenoxy) is 1. The van der Waals surface area contributed by atoms with Crippen LogP contribution in [0.15, 0.2) is 18.2 Å². The van der Waals surface area contributed by atoms with Crippen LogP contribution in [0.25, 0.3) is 0 Å². The Morgan fingerprint density at radius 3 is 2.62 bits per heavy atom. The number of benzene rings is 1. The Morgan fingerprint density at radius 1 is 1.44 bits per heavy atom. The molecule has 3 heteroatoms. The summed E-state index contributed by atoms with van der Waals surface area (Å²) in [7, 11) is 1.45. The van der Waals surface area contributed by atoms with E-state index in [-0.39, 0.29) is 23.6 Å². The lowest BCUT2D eigenvalue weighted by molar-refractivity contribution is 0.136. The summed E-state index contributed by atoms with van der Waals surface area (Å²) in [6, 6.07) is 5.10. The van der Waals surface area contributed by atoms with Gasteiger partial charge < -0.3 is 9.84 Å². The standard InChI is InChI=1S/C13H19FO2/c1-4-13(2,9-15)8-10-6-5-7-11(16-3)12(10)14/h5-7,15H,4,8-9H2,1-3H3. The Labute approximate surface area is 96.1 Å². The Morgan fingerprint density at radius 2 is 2.12 bits per heavy atom. The SMILES string of the molecule is CCC(C)(CO)Cc1cccc(OC)c1F. The van der Waals surface area contributed by atoms with E-state index in [1.807, 2.05) is 13.8 Å². The van der Waals surface area contributed by atoms with E-state index in [0.717, 1.165) is 6.42 Å². The molecule has 0 heterocycles. The molecule has 90 valence electrons. The minimum Gasteiger partial charge on any atom is -0.494 e. The van der Waals surface area contributed by atoms with Crippen LogP contribution in [0.5, 0.6) is 5.75 Å². The molecular formula is C13H19FO2. The fourth-order valence-corrected chi connectivity index (χ4v) is 1.60. The van der Waals surface area contributed by atoms with Crippen LogP contribution in [0.4, 0.5) is 4.39 Å². The summed E-state index contributed by atoms with van der Waals surface area (Å²) in [5.74, 6) is -0.0629. The van der Waals surface area contributed by atoms with E-state index in [2.05, 4.69) is 0 Å². The third-order valence-electron chi connectivity index (χ3n) is 3.12. The second-order valence-corrected chi connectivity index (χ2v) is 4.43. The zero-order valence-electron chi connectivity index (χ0n) is 10.1. The first-order valence-corrected chi connectivity index (χ1v) is 5.48. The summed E-state index contributed by atoms with van der Waals surface area (Å²) >= 11 is 0. The summed E-state index contributed by atoms with van der Waals surface area (Å²) in [5.41, 5.74) is 0.325. The van der Waals surface area contributed by atoms with Gasteiger partial charge >= 0.3 is 0 Å². The van der Waals surface area contributed by atoms with Crippen molar-refractivity contribution in [3.05, 3.63) is 29.6 Å². The molecule has 0 spiro atoms. The lowest BCUT2D eigenvalue weighted by atomic mass is 9.82. The highest BCUT2D eigenvalue weighted by atomic mass is 19.1. The van der Waals surface area contributed by atoms with Gasteiger partial charge in [-0.05, 0) is 29.9 Å². The highest BCUT2D eigenvalue weighted by molar-refractivity contribution is 5.31. The predicted octanol–water partition coefficient (Wildman–Crippen LogP) is 2.79. The fraction of sp³-hybridized carbons (Fsp3) is 0.538. The van der Waals surface area contributed by atoms with Crippen molar-refractivity contribution >= 4 is 0 Å². The molecule has 0 aromatic heterocycles. The first-order chi connectivity index (χ1) is 7.56. The van der Waals surface area contributed by atoms with Crippen LogP contribution in [0.3, 0.4) is 0 Å². The number of rotatable bonds is 5. The number of methoxy groups -OCH3 is 1. The van der Waals surface area contributed by atoms with Gasteiger partial charge in [-0.1, -0.05) is 26.0 Å². The first kappa shape index (κ1) is 13.0. The molecule has 2 nitrogen and oxygen atoms in total. The molecule has 1 aromatic rings. The van der Waals surface area contributed by atoms with E-state index < -0.39 is 0 Å². The molecule has 1 aromatic carbocycles. The van der Waals surface area contributed by atoms with Crippen molar-refractivity contribution < 1.29 is 14.2 Å². The van der Waals surface area contributed by atoms with E-state index in [1.165, 1.54) is 7.11 Å². The van der Waals surface area contributed by atoms with Gasteiger partial charge in [0.2, 0.25) is 0 Å². The van der Waals surface area contributed by atoms with Gasteiger partial charge in [-0.25, -0.2) is 4.39 Å². The van der Waals surface area contributed by atoms with Gasteiger partial charge in [0.25, 0.3) is 0 Å². The van der Waals surface area contributed by atoms with Crippen LogP contribution in [-0.4, -0.2) is 18.8 Å². The molecular weight excluding hydrogens is 207 g/mol. The highest BCUT2D eigenvalue weighted by Crippen LogP contribution is 2.29. The number of hydrogen-bond acceptors (Lipinski definition) is 2. The van der Waals surface area contributed by atoms with Gasteiger partial charge in [-0.15, -0.1) is 0 Å². The normalized spacial score (nSPS) is 14.6. The number of aliphatic hydroxyl groups excluding tert-OH is 1. The smallest absolute Gasteiger partial charge is 0.168 e. The van der Waals surface area contributed by atoms with Gasteiger partial charge in [0.05, 0.1) is 7.11 Å². The molecule has 0 aliphatic heterocycles. The third kappa shape index (κ3) is 2.73. The largest absolute Gasteiger partial charge is 0.494 e. The molecule has 1 rings (SSSR count). The number of halogens is 1. The number of hydrogen-bond donors (Lipinski definition) is 1. The lowest BCUT2D eigenvalue weighted by Gasteiger charge is -2.26. The zero-order chi connectivity index (χ0) is 12.2. The van der Waals surface area contributed by atoms with Crippen molar-refractivity contribution in [2.24, 2.45) is 5.41 Å². The van der Waals surface area contributed by atoms with Gasteiger partial charge in [-0.3, -0.25) is 0 Å². The maximum absolute atomic E-state index is 13.9. The van der Waals surface area contributed by atoms with Crippen LogP contribution >= 0.6 is 0 Å². The summed E-state index contributed by atoms with van der Waals surface area (Å²) in [4.78, 5) is 0. The van der Waals surface area contributed by atoms with Gasteiger partial charge in [0.1, 0.15) is 0 Å². The van der Waals surface area contributed by atoms with Crippen molar-refractivity contribution in [2.75, 3.05) is 13.7 Å². The van der Waals surface area contributed by atoms with Crippen molar-refractivity contribution in [3.8, 4) is 5.75 Å². The van der Waals surface area contributed by atoms with Gasteiger partial charge in [-0.2, -0.15) is 0 Å². The van der Waals surface area contributed by atoms with Crippen molar-refractivity contribution in [2.45, 2.75) is 26.7 Å². The third-order valence-corrected chi connectivity index (χ3v) is 3.12. The fourth-order valence-electron chi connectivity index (χ4n) is 1.60. The van der Waals surface area contributed by atoms with Crippen molar-refractivity contribution in [3.63, 3.8) is 0 Å². The molecule has 0 saturated heterocycles. The Hall–Kier alpha value is -1.09. The summed E-state index contributed by atoms with van der Waals surface area (Å²) in [6.45, 7) is 4.00. The van der Waals surface area contributed by atoms with Crippen LogP contribution in [0.1, 0.15) is 25.8 Å². The Bertz CT molecular complexity index is 346. The first-order valence-electron chi connectivity index (χ1n) is 5.48. The molecule has 0 fully saturated rings. The van der Waals surface area contributed by atoms with E-state index in [0.29, 0.717) is 12.0 Å². The quantitative estimate of drug-likeness (QED) is 0.836. The number of aliphatic hydroxyl groups is 1. The van der Waals surface area contributed by atoms with E-state index >= 15 is 0 Å². The van der Waals surface area contributed by atoms with E-state index in [1.54, 1.807) is 18.2 Å². The molecule has 16 heavy (non-hydrogen) atoms. The minimum atomic E-state index is -0.321. The highest BCUT2D eigenvalue weighted by Gasteiger charge is 2.23. The minimum absolute atomic E-state index is 0.0557. The van der Waals surface area contributed by atoms with Crippen LogP contribution < -0.4 is 4.74 Å². The topological polar surface area (TPSA) is 29.5 Å². The molecule has 0 amide bonds. The second-order valence-electron chi connectivity index (χ2n) is 4.43. The summed E-state index contributed by atoms with van der Waals surface area (Å²) in [5, 5.41) is 9.31. The monoisotopic (exact) mass is 226 g/mol. The Kier molecular flexibility index (Phi) is 4.30. The zero-order valence-corrected chi connectivity index (χ0v) is 10.1. The van der Waals surface area contributed by atoms with E-state index in [9.17, 15) is 9.50 Å². The molecule has 1 N–H and O–H groups in total. The summed E-state index contributed by atoms with van der Waals surface area (Å²) < 4.78 is 18.8. The van der Waals surface area contributed by atoms with Gasteiger partial charge in [0, 0.05) is 6.61 Å². The molecule has 0 aliphatic carbocycles. The molecule has 1 unspecified atom stereocenters. The predicted molar refractivity (Wildman–Crippen MR) is 62.1 cm³/mol. The van der Waals surface area contributed by atoms with Gasteiger partial charge in [0.15, 0.2) is 11.6 Å². The van der Waals surface area contributed by atoms with Crippen LogP contribution in [-0.2, 0) is 6.42 Å². The van der Waals surface area contributed by atoms with Crippen molar-refractivity contribution in [1.29, 1.82) is 0 Å². The van der Waals surface area contributed by atoms with E-state index in [4.69, 9.17) is 4.74 Å². The maximum Gasteiger partial charge on any atom is 0.168 e. The molecule has 0 radical (unpaired) electrons. The van der Waals surface area contributed by atoms with Crippen LogP contribution in [0.2, 0.25) is 0 Å². The maximum atomic E-state index is 13.9. The second kappa shape index (κ2) is 5.30. The Balaban J connectivity index is 2.97. The van der Waals surface area contributed by atoms with Crippen LogP contribution in [0, 0.1) is 11.2 Å². The lowest BCUT2D eigenvalue weighted by Crippen LogP contribution is -2.23. The molecule has 0 saturated carbocycles. The average Bonchev–Trinajstić information content (AvgIpc) is 2.32. The average molecular weight is 226 g/mol. The summed E-state index contributed by atoms with van der Waals surface area (Å²) in [6.07, 6.45) is 1.32. The van der Waals surface area contributed by atoms with Crippen molar-refractivity contribution in [1.82, 2.24) is 0 Å². The molecule has 1 atom stereocenters. The molecule has 0 aliphatic rings. The molecule has 0 bridgehead atoms.